The number of aliphatic imine (C=N–C) groups is 1. The second kappa shape index (κ2) is 11.3. The summed E-state index contributed by atoms with van der Waals surface area (Å²) >= 11 is 0. The lowest BCUT2D eigenvalue weighted by Crippen LogP contribution is -2.54. The van der Waals surface area contributed by atoms with E-state index in [1.165, 1.54) is 30.0 Å². The van der Waals surface area contributed by atoms with E-state index in [2.05, 4.69) is 20.3 Å². The first-order valence-electron chi connectivity index (χ1n) is 10.8. The Morgan fingerprint density at radius 2 is 2.10 bits per heavy atom. The van der Waals surface area contributed by atoms with Gasteiger partial charge in [0.25, 0.3) is 0 Å². The molecule has 31 heavy (non-hydrogen) atoms. The Hall–Kier alpha value is -0.960. The zero-order valence-corrected chi connectivity index (χ0v) is 21.1. The van der Waals surface area contributed by atoms with Gasteiger partial charge in [-0.05, 0) is 26.3 Å². The molecule has 0 spiro atoms. The average molecular weight is 568 g/mol. The first kappa shape index (κ1) is 24.7. The molecule has 4 heterocycles. The molecule has 3 fully saturated rings. The van der Waals surface area contributed by atoms with Gasteiger partial charge in [0.1, 0.15) is 12.0 Å². The van der Waals surface area contributed by atoms with Crippen molar-refractivity contribution in [1.82, 2.24) is 24.6 Å². The van der Waals surface area contributed by atoms with Gasteiger partial charge in [0, 0.05) is 51.4 Å². The topological polar surface area (TPSA) is 104 Å². The minimum Gasteiger partial charge on any atom is -0.373 e. The number of nitrogens with zero attached hydrogens (tertiary/aromatic N) is 5. The van der Waals surface area contributed by atoms with E-state index < -0.39 is 10.0 Å². The van der Waals surface area contributed by atoms with Crippen molar-refractivity contribution in [2.45, 2.75) is 37.7 Å². The molecule has 2 unspecified atom stereocenters. The van der Waals surface area contributed by atoms with E-state index in [9.17, 15) is 8.42 Å². The van der Waals surface area contributed by atoms with E-state index >= 15 is 0 Å². The van der Waals surface area contributed by atoms with Crippen LogP contribution in [0.4, 0.5) is 0 Å². The van der Waals surface area contributed by atoms with Gasteiger partial charge < -0.3 is 19.5 Å². The van der Waals surface area contributed by atoms with Gasteiger partial charge in [-0.15, -0.1) is 24.0 Å². The highest BCUT2D eigenvalue weighted by atomic mass is 127. The predicted octanol–water partition coefficient (Wildman–Crippen LogP) is 0.569. The lowest BCUT2D eigenvalue weighted by molar-refractivity contribution is -0.0433. The zero-order valence-electron chi connectivity index (χ0n) is 18.0. The van der Waals surface area contributed by atoms with Crippen molar-refractivity contribution >= 4 is 40.0 Å². The molecule has 3 saturated heterocycles. The van der Waals surface area contributed by atoms with Gasteiger partial charge in [-0.2, -0.15) is 4.31 Å². The zero-order chi connectivity index (χ0) is 21.0. The Morgan fingerprint density at radius 3 is 2.81 bits per heavy atom. The highest BCUT2D eigenvalue weighted by Gasteiger charge is 2.33. The van der Waals surface area contributed by atoms with E-state index in [1.807, 2.05) is 6.92 Å². The number of nitrogens with one attached hydrogen (secondary N) is 1. The number of guanidine groups is 1. The Morgan fingerprint density at radius 1 is 1.29 bits per heavy atom. The van der Waals surface area contributed by atoms with Crippen LogP contribution in [0.25, 0.3) is 0 Å². The summed E-state index contributed by atoms with van der Waals surface area (Å²) in [6.07, 6.45) is 4.01. The van der Waals surface area contributed by atoms with Gasteiger partial charge in [-0.1, -0.05) is 5.16 Å². The molecule has 0 amide bonds. The monoisotopic (exact) mass is 568 g/mol. The van der Waals surface area contributed by atoms with Crippen LogP contribution < -0.4 is 5.32 Å². The number of piperazine rings is 1. The number of rotatable bonds is 6. The normalized spacial score (nSPS) is 25.8. The third-order valence-corrected chi connectivity index (χ3v) is 7.81. The standard InChI is InChI=1S/C19H32N6O4S.HI/c1-2-20-19(21-12-18-13-24-6-3-4-17(24)14-28-18)23-7-9-25(10-8-23)30(26,27)15-16-5-11-29-22-16;/h5,11,17-18H,2-4,6-10,12-15H2,1H3,(H,20,21);1H. The number of halogens is 1. The van der Waals surface area contributed by atoms with Crippen molar-refractivity contribution in [3.05, 3.63) is 18.0 Å². The summed E-state index contributed by atoms with van der Waals surface area (Å²) in [5.41, 5.74) is 0.431. The predicted molar refractivity (Wildman–Crippen MR) is 128 cm³/mol. The summed E-state index contributed by atoms with van der Waals surface area (Å²) < 4.78 is 37.6. The van der Waals surface area contributed by atoms with E-state index in [-0.39, 0.29) is 35.8 Å². The van der Waals surface area contributed by atoms with Crippen LogP contribution >= 0.6 is 24.0 Å². The van der Waals surface area contributed by atoms with E-state index in [0.717, 1.165) is 25.7 Å². The fourth-order valence-electron chi connectivity index (χ4n) is 4.38. The molecule has 0 radical (unpaired) electrons. The number of hydrogen-bond donors (Lipinski definition) is 1. The van der Waals surface area contributed by atoms with Crippen LogP contribution in [0, 0.1) is 0 Å². The van der Waals surface area contributed by atoms with Crippen molar-refractivity contribution in [3.63, 3.8) is 0 Å². The summed E-state index contributed by atoms with van der Waals surface area (Å²) in [5.74, 6) is 0.701. The molecule has 0 aliphatic carbocycles. The number of ether oxygens (including phenoxy) is 1. The molecule has 0 aromatic carbocycles. The van der Waals surface area contributed by atoms with E-state index in [1.54, 1.807) is 6.07 Å². The number of sulfonamides is 1. The quantitative estimate of drug-likeness (QED) is 0.302. The summed E-state index contributed by atoms with van der Waals surface area (Å²) in [4.78, 5) is 9.47. The molecule has 4 rings (SSSR count). The number of hydrogen-bond acceptors (Lipinski definition) is 7. The first-order chi connectivity index (χ1) is 14.5. The highest BCUT2D eigenvalue weighted by Crippen LogP contribution is 2.22. The van der Waals surface area contributed by atoms with Crippen LogP contribution in [0.1, 0.15) is 25.5 Å². The SMILES string of the molecule is CCNC(=NCC1CN2CCCC2CO1)N1CCN(S(=O)(=O)Cc2ccon2)CC1.I. The van der Waals surface area contributed by atoms with Crippen molar-refractivity contribution in [2.75, 3.05) is 59.0 Å². The van der Waals surface area contributed by atoms with Crippen LogP contribution in [0.15, 0.2) is 21.8 Å². The van der Waals surface area contributed by atoms with Gasteiger partial charge in [-0.25, -0.2) is 8.42 Å². The van der Waals surface area contributed by atoms with E-state index in [4.69, 9.17) is 14.3 Å². The molecular formula is C19H33IN6O4S. The Labute approximate surface area is 201 Å². The number of aromatic nitrogens is 1. The summed E-state index contributed by atoms with van der Waals surface area (Å²) in [7, 11) is -3.41. The summed E-state index contributed by atoms with van der Waals surface area (Å²) in [6, 6.07) is 2.17. The second-order valence-electron chi connectivity index (χ2n) is 8.07. The van der Waals surface area contributed by atoms with E-state index in [0.29, 0.717) is 44.5 Å². The fourth-order valence-corrected chi connectivity index (χ4v) is 5.80. The largest absolute Gasteiger partial charge is 0.373 e. The third kappa shape index (κ3) is 6.30. The van der Waals surface area contributed by atoms with Gasteiger partial charge >= 0.3 is 0 Å². The first-order valence-corrected chi connectivity index (χ1v) is 12.4. The van der Waals surface area contributed by atoms with Gasteiger partial charge in [0.15, 0.2) is 5.96 Å². The molecular weight excluding hydrogens is 535 g/mol. The van der Waals surface area contributed by atoms with Crippen LogP contribution in [0.2, 0.25) is 0 Å². The van der Waals surface area contributed by atoms with Gasteiger partial charge in [0.2, 0.25) is 10.0 Å². The summed E-state index contributed by atoms with van der Waals surface area (Å²) in [5, 5.41) is 7.06. The molecule has 1 aromatic heterocycles. The van der Waals surface area contributed by atoms with Crippen LogP contribution in [-0.4, -0.2) is 105 Å². The maximum Gasteiger partial charge on any atom is 0.220 e. The molecule has 3 aliphatic rings. The van der Waals surface area contributed by atoms with Gasteiger partial charge in [0.05, 0.1) is 24.9 Å². The highest BCUT2D eigenvalue weighted by molar-refractivity contribution is 14.0. The second-order valence-corrected chi connectivity index (χ2v) is 10.0. The van der Waals surface area contributed by atoms with Crippen molar-refractivity contribution < 1.29 is 17.7 Å². The molecule has 176 valence electrons. The Balaban J connectivity index is 0.00000272. The average Bonchev–Trinajstić information content (AvgIpc) is 3.42. The molecule has 1 N–H and O–H groups in total. The lowest BCUT2D eigenvalue weighted by atomic mass is 10.2. The lowest BCUT2D eigenvalue weighted by Gasteiger charge is -2.37. The van der Waals surface area contributed by atoms with Crippen LogP contribution in [0.3, 0.4) is 0 Å². The smallest absolute Gasteiger partial charge is 0.220 e. The molecule has 10 nitrogen and oxygen atoms in total. The van der Waals surface area contributed by atoms with Gasteiger partial charge in [-0.3, -0.25) is 9.89 Å². The van der Waals surface area contributed by atoms with Crippen LogP contribution in [0.5, 0.6) is 0 Å². The van der Waals surface area contributed by atoms with Crippen molar-refractivity contribution in [3.8, 4) is 0 Å². The third-order valence-electron chi connectivity index (χ3n) is 5.99. The molecule has 0 bridgehead atoms. The molecule has 12 heteroatoms. The summed E-state index contributed by atoms with van der Waals surface area (Å²) in [6.45, 7) is 8.41. The van der Waals surface area contributed by atoms with Crippen molar-refractivity contribution in [1.29, 1.82) is 0 Å². The number of morpholine rings is 1. The molecule has 3 aliphatic heterocycles. The molecule has 1 aromatic rings. The van der Waals surface area contributed by atoms with Crippen LogP contribution in [-0.2, 0) is 20.5 Å². The maximum atomic E-state index is 12.6. The fraction of sp³-hybridized carbons (Fsp3) is 0.789. The minimum atomic E-state index is -3.41. The molecule has 2 atom stereocenters. The maximum absolute atomic E-state index is 12.6. The number of fused-ring (bicyclic) bond motifs is 1. The van der Waals surface area contributed by atoms with Crippen molar-refractivity contribution in [2.24, 2.45) is 4.99 Å². The molecule has 0 saturated carbocycles. The Kier molecular flexibility index (Phi) is 8.96. The Bertz CT molecular complexity index is 813. The minimum absolute atomic E-state index is 0.